The minimum atomic E-state index is -4.51. The van der Waals surface area contributed by atoms with Gasteiger partial charge in [-0.25, -0.2) is 0 Å². The summed E-state index contributed by atoms with van der Waals surface area (Å²) in [5.74, 6) is -1.48. The molecule has 12 N–H and O–H groups in total. The van der Waals surface area contributed by atoms with Crippen molar-refractivity contribution in [1.29, 1.82) is 0 Å². The van der Waals surface area contributed by atoms with Crippen molar-refractivity contribution in [2.45, 2.75) is 126 Å². The third-order valence-electron chi connectivity index (χ3n) is 12.4. The highest BCUT2D eigenvalue weighted by atomic mass is 79.9. The number of methoxy groups -OCH3 is 5. The van der Waals surface area contributed by atoms with Crippen LogP contribution in [0.25, 0.3) is 10.4 Å². The number of thioether (sulfide) groups is 1. The Morgan fingerprint density at radius 3 is 1.06 bits per heavy atom. The van der Waals surface area contributed by atoms with E-state index in [1.807, 2.05) is 0 Å². The number of alkyl halides is 4. The second-order valence-corrected chi connectivity index (χ2v) is 35.3. The number of aliphatic carboxylic acids is 1. The molecule has 0 fully saturated rings. The van der Waals surface area contributed by atoms with E-state index in [-0.39, 0.29) is 124 Å². The fourth-order valence-corrected chi connectivity index (χ4v) is 15.4. The summed E-state index contributed by atoms with van der Waals surface area (Å²) in [7, 11) is -15.8. The Labute approximate surface area is 709 Å². The van der Waals surface area contributed by atoms with Crippen molar-refractivity contribution in [3.8, 4) is 24.7 Å². The molecular formula is C58H106Br4ClN7O37S7. The average molecular weight is 2070 g/mol. The fourth-order valence-electron chi connectivity index (χ4n) is 6.93. The summed E-state index contributed by atoms with van der Waals surface area (Å²) in [5.41, 5.74) is 13.1. The van der Waals surface area contributed by atoms with Crippen molar-refractivity contribution >= 4 is 201 Å². The maximum Gasteiger partial charge on any atom is 0.326 e. The minimum Gasteiger partial charge on any atom is -0.480 e. The van der Waals surface area contributed by atoms with Gasteiger partial charge in [0.05, 0.1) is 62.0 Å². The number of carboxylic acid groups (broad SMARTS) is 1. The number of nitrogens with two attached hydrogens (primary N) is 1. The molecule has 0 bridgehead atoms. The molecule has 672 valence electrons. The molecule has 0 aliphatic rings. The van der Waals surface area contributed by atoms with Crippen LogP contribution in [0.4, 0.5) is 0 Å². The summed E-state index contributed by atoms with van der Waals surface area (Å²) in [6.45, 7) is 4.59. The smallest absolute Gasteiger partial charge is 0.326 e. The second kappa shape index (κ2) is 77.6. The Morgan fingerprint density at radius 1 is 0.474 bits per heavy atom. The second-order valence-electron chi connectivity index (χ2n) is 20.8. The Balaban J connectivity index is -0.000000160. The number of nitrogens with one attached hydrogen (secondary N) is 3. The van der Waals surface area contributed by atoms with Gasteiger partial charge in [-0.1, -0.05) is 92.4 Å². The molecule has 0 saturated heterocycles. The van der Waals surface area contributed by atoms with E-state index in [0.717, 1.165) is 44.8 Å². The highest BCUT2D eigenvalue weighted by molar-refractivity contribution is 9.10. The number of carbonyl (C=O) groups is 9. The fraction of sp³-hybridized carbons (Fsp3) is 0.776. The van der Waals surface area contributed by atoms with Gasteiger partial charge < -0.3 is 69.4 Å². The zero-order valence-electron chi connectivity index (χ0n) is 63.6. The molecule has 0 saturated carbocycles. The molecule has 8 atom stereocenters. The number of hydrogen-bond acceptors (Lipinski definition) is 36. The van der Waals surface area contributed by atoms with Crippen molar-refractivity contribution in [2.75, 3.05) is 158 Å². The van der Waals surface area contributed by atoms with Gasteiger partial charge in [0.25, 0.3) is 60.7 Å². The lowest BCUT2D eigenvalue weighted by Crippen LogP contribution is -2.33. The van der Waals surface area contributed by atoms with E-state index in [1.165, 1.54) is 21.1 Å². The average Bonchev–Trinajstić information content (AvgIpc) is 0.886. The van der Waals surface area contributed by atoms with Crippen LogP contribution in [-0.4, -0.2) is 335 Å². The Kier molecular flexibility index (Phi) is 87.1. The lowest BCUT2D eigenvalue weighted by Gasteiger charge is -2.12. The van der Waals surface area contributed by atoms with E-state index in [0.29, 0.717) is 82.7 Å². The van der Waals surface area contributed by atoms with E-state index in [9.17, 15) is 93.7 Å². The molecule has 114 heavy (non-hydrogen) atoms. The van der Waals surface area contributed by atoms with Crippen LogP contribution < -0.4 is 21.7 Å². The van der Waals surface area contributed by atoms with Gasteiger partial charge in [0.15, 0.2) is 37.7 Å². The zero-order chi connectivity index (χ0) is 89.6. The molecule has 0 aliphatic carbocycles. The summed E-state index contributed by atoms with van der Waals surface area (Å²) in [4.78, 5) is 101. The molecule has 0 aromatic heterocycles. The SMILES string of the molecule is C#CCOCCOCCCC(=O)C(CCN)S(=O)(=O)O.C#CCOCCOCCCC(=O)C(CCNC)S(=O)(=O)O.CNCCC(C(=O)O)S(=O)(=O)O.CNCCC(C(=O)OC)S(=O)(=O)O.COC(=O)C(Br)CCBr.COC(=O)C(CCBr)S(=O)(=O)O.COC(=O)C(CCBr)SC(C)=O.COC(=O)C(CCN=[N+]=[N-])S(=O)(=O)O.Cl. The predicted molar refractivity (Wildman–Crippen MR) is 434 cm³/mol. The monoisotopic (exact) mass is 2070 g/mol. The van der Waals surface area contributed by atoms with E-state index in [4.69, 9.17) is 75.5 Å². The Morgan fingerprint density at radius 2 is 0.781 bits per heavy atom. The first-order chi connectivity index (χ1) is 52.4. The zero-order valence-corrected chi connectivity index (χ0v) is 76.5. The number of nitrogens with zero attached hydrogens (tertiary/aromatic N) is 3. The summed E-state index contributed by atoms with van der Waals surface area (Å²) in [6, 6.07) is 0. The van der Waals surface area contributed by atoms with Crippen LogP contribution in [0, 0.1) is 24.7 Å². The quantitative estimate of drug-likeness (QED) is 0.00473. The summed E-state index contributed by atoms with van der Waals surface area (Å²) >= 11 is 13.5. The lowest BCUT2D eigenvalue weighted by atomic mass is 10.1. The number of rotatable bonds is 51. The maximum atomic E-state index is 11.8. The number of terminal acetylenes is 2. The molecule has 0 radical (unpaired) electrons. The van der Waals surface area contributed by atoms with Gasteiger partial charge in [0.1, 0.15) is 33.8 Å². The van der Waals surface area contributed by atoms with E-state index >= 15 is 0 Å². The molecule has 8 unspecified atom stereocenters. The standard InChI is InChI=1S/C13H23NO6S.C12H21NO6S.C7H11BrO3S.C6H13NO5S.C5H8Br2O2.C5H9BrO5S.C5H9N3O5S.C5H11NO5S.ClH/c1-3-8-19-10-11-20-9-4-5-12(15)13(6-7-14-2)21(16,17)18;1-2-7-18-9-10-19-8-3-4-11(14)12(5-6-13)20(15,16)17;1-5(9)12-6(3-4-8)7(10)11-2;1-7-4-3-5(6(8)12-2)13(9,10)11;1-9-5(8)4(7)2-3-6;1-11-5(7)4(2-3-6)12(8,9)10;1-13-5(9)4(14(10,11)12)2-3-7-8-6;1-6-3-2-4(5(7)8)12(9,10)11;/h1,13-14H,4-11H2,2H3,(H,16,17,18);1,12H,3-10,13H2,(H,15,16,17);6H,3-4H2,1-2H3;5,7H,3-4H2,1-2H3,(H,9,10,11);4H,2-3H2,1H3;4H,2-3H2,1H3,(H,8,9,10);4H,2-3H2,1H3,(H,10,11,12);4,6H,2-3H2,1H3,(H,7,8)(H,9,10,11);1H. The van der Waals surface area contributed by atoms with Crippen LogP contribution in [0.15, 0.2) is 5.11 Å². The molecule has 0 heterocycles. The molecule has 56 heteroatoms. The summed E-state index contributed by atoms with van der Waals surface area (Å²) in [6.07, 6.45) is 11.6. The largest absolute Gasteiger partial charge is 0.480 e. The predicted octanol–water partition coefficient (Wildman–Crippen LogP) is 1.48. The van der Waals surface area contributed by atoms with Crippen molar-refractivity contribution in [3.05, 3.63) is 10.4 Å². The number of carboxylic acids is 1. The van der Waals surface area contributed by atoms with E-state index in [2.05, 4.69) is 125 Å². The highest BCUT2D eigenvalue weighted by Gasteiger charge is 2.35. The maximum absolute atomic E-state index is 11.8. The molecule has 0 rings (SSSR count). The number of ketones is 2. The van der Waals surface area contributed by atoms with Gasteiger partial charge in [0, 0.05) is 60.4 Å². The number of azide groups is 1. The molecule has 0 aromatic rings. The number of halogens is 5. The van der Waals surface area contributed by atoms with Gasteiger partial charge in [-0.2, -0.15) is 50.5 Å². The van der Waals surface area contributed by atoms with Crippen molar-refractivity contribution in [3.63, 3.8) is 0 Å². The van der Waals surface area contributed by atoms with Crippen LogP contribution in [0.3, 0.4) is 0 Å². The van der Waals surface area contributed by atoms with Crippen LogP contribution in [0.5, 0.6) is 0 Å². The number of hydrogen-bond donors (Lipinski definition) is 11. The first kappa shape index (κ1) is 128. The lowest BCUT2D eigenvalue weighted by molar-refractivity contribution is -0.141. The van der Waals surface area contributed by atoms with Gasteiger partial charge in [-0.05, 0) is 117 Å². The topological polar surface area (TPSA) is 694 Å². The number of esters is 5. The third-order valence-corrected chi connectivity index (χ3v) is 22.7. The molecule has 0 amide bonds. The molecular weight excluding hydrogens is 1970 g/mol. The van der Waals surface area contributed by atoms with Crippen LogP contribution in [0.2, 0.25) is 0 Å². The van der Waals surface area contributed by atoms with Crippen LogP contribution >= 0.6 is 87.9 Å². The van der Waals surface area contributed by atoms with Crippen molar-refractivity contribution < 1.29 is 169 Å². The first-order valence-corrected chi connectivity index (χ1v) is 46.3. The first-order valence-electron chi connectivity index (χ1n) is 32.2. The third kappa shape index (κ3) is 76.6. The van der Waals surface area contributed by atoms with Crippen LogP contribution in [-0.2, 0) is 146 Å². The highest BCUT2D eigenvalue weighted by Crippen LogP contribution is 2.18. The molecule has 44 nitrogen and oxygen atoms in total. The number of ether oxygens (including phenoxy) is 9. The van der Waals surface area contributed by atoms with Gasteiger partial charge in [-0.15, -0.1) is 25.3 Å². The van der Waals surface area contributed by atoms with Gasteiger partial charge >= 0.3 is 35.8 Å². The number of Topliss-reactive ketones (excluding diaryl/α,β-unsaturated/α-hetero) is 2. The van der Waals surface area contributed by atoms with Crippen LogP contribution in [0.1, 0.15) is 84.0 Å². The van der Waals surface area contributed by atoms with Gasteiger partial charge in [0.2, 0.25) is 0 Å². The Hall–Kier alpha value is -4.04. The van der Waals surface area contributed by atoms with Crippen molar-refractivity contribution in [1.82, 2.24) is 16.0 Å². The molecule has 0 spiro atoms. The van der Waals surface area contributed by atoms with E-state index < -0.39 is 128 Å². The Bertz CT molecular complexity index is 3570. The molecule has 0 aromatic carbocycles. The normalized spacial score (nSPS) is 13.0. The molecule has 0 aliphatic heterocycles. The van der Waals surface area contributed by atoms with Crippen molar-refractivity contribution in [2.24, 2.45) is 10.8 Å². The number of carbonyl (C=O) groups excluding carboxylic acids is 8. The summed E-state index contributed by atoms with van der Waals surface area (Å²) < 4.78 is 223. The minimum absolute atomic E-state index is 0. The summed E-state index contributed by atoms with van der Waals surface area (Å²) in [5, 5.41) is 11.5. The van der Waals surface area contributed by atoms with Gasteiger partial charge in [-0.3, -0.25) is 70.5 Å². The van der Waals surface area contributed by atoms with E-state index in [1.54, 1.807) is 21.1 Å².